The van der Waals surface area contributed by atoms with Gasteiger partial charge >= 0.3 is 6.09 Å². The molecule has 0 radical (unpaired) electrons. The summed E-state index contributed by atoms with van der Waals surface area (Å²) in [5, 5.41) is 0.919. The molecular weight excluding hydrogens is 373 g/mol. The second-order valence-corrected chi connectivity index (χ2v) is 8.67. The lowest BCUT2D eigenvalue weighted by Gasteiger charge is -2.41. The number of rotatable bonds is 4. The zero-order valence-corrected chi connectivity index (χ0v) is 17.4. The Labute approximate surface area is 165 Å². The minimum Gasteiger partial charge on any atom is -0.444 e. The molecule has 1 aromatic carbocycles. The average Bonchev–Trinajstić information content (AvgIpc) is 2.56. The normalized spacial score (nSPS) is 17.1. The van der Waals surface area contributed by atoms with Crippen molar-refractivity contribution in [3.63, 3.8) is 0 Å². The van der Waals surface area contributed by atoms with Gasteiger partial charge in [-0.25, -0.2) is 4.79 Å². The molecule has 26 heavy (non-hydrogen) atoms. The Hall–Kier alpha value is -1.26. The number of hydrogen-bond donors (Lipinski definition) is 0. The van der Waals surface area contributed by atoms with Crippen molar-refractivity contribution in [2.24, 2.45) is 0 Å². The molecule has 1 fully saturated rings. The number of Topliss-reactive ketones (excluding diaryl/α,β-unsaturated/α-hetero) is 1. The van der Waals surface area contributed by atoms with Gasteiger partial charge in [-0.1, -0.05) is 36.2 Å². The Morgan fingerprint density at radius 1 is 1.15 bits per heavy atom. The SMILES string of the molecule is CCCC(=O)C1(c2ccc(Cl)c(Cl)c2)CCN(C(=O)OC(C)(C)C)CC1. The predicted molar refractivity (Wildman–Crippen MR) is 105 cm³/mol. The molecule has 1 heterocycles. The number of nitrogens with zero attached hydrogens (tertiary/aromatic N) is 1. The standard InChI is InChI=1S/C20H27Cl2NO3/c1-5-6-17(24)20(14-7-8-15(21)16(22)13-14)9-11-23(12-10-20)18(25)26-19(2,3)4/h7-8,13H,5-6,9-12H2,1-4H3. The number of benzene rings is 1. The van der Waals surface area contributed by atoms with Crippen LogP contribution in [-0.4, -0.2) is 35.5 Å². The first-order valence-electron chi connectivity index (χ1n) is 9.06. The fourth-order valence-electron chi connectivity index (χ4n) is 3.39. The highest BCUT2D eigenvalue weighted by molar-refractivity contribution is 6.42. The molecule has 4 nitrogen and oxygen atoms in total. The Morgan fingerprint density at radius 3 is 2.27 bits per heavy atom. The van der Waals surface area contributed by atoms with Gasteiger partial charge in [0.15, 0.2) is 0 Å². The van der Waals surface area contributed by atoms with Gasteiger partial charge in [-0.3, -0.25) is 4.79 Å². The second-order valence-electron chi connectivity index (χ2n) is 7.85. The van der Waals surface area contributed by atoms with Crippen molar-refractivity contribution in [1.82, 2.24) is 4.90 Å². The second kappa shape index (κ2) is 8.18. The summed E-state index contributed by atoms with van der Waals surface area (Å²) in [5.74, 6) is 0.197. The van der Waals surface area contributed by atoms with Crippen molar-refractivity contribution >= 4 is 35.1 Å². The Balaban J connectivity index is 2.25. The first-order valence-corrected chi connectivity index (χ1v) is 9.81. The number of hydrogen-bond acceptors (Lipinski definition) is 3. The third kappa shape index (κ3) is 4.72. The van der Waals surface area contributed by atoms with E-state index >= 15 is 0 Å². The highest BCUT2D eigenvalue weighted by Gasteiger charge is 2.43. The van der Waals surface area contributed by atoms with E-state index in [0.717, 1.165) is 12.0 Å². The molecule has 2 rings (SSSR count). The highest BCUT2D eigenvalue weighted by Crippen LogP contribution is 2.40. The molecule has 0 aromatic heterocycles. The van der Waals surface area contributed by atoms with Crippen LogP contribution < -0.4 is 0 Å². The molecule has 1 aromatic rings. The lowest BCUT2D eigenvalue weighted by Crippen LogP contribution is -2.50. The van der Waals surface area contributed by atoms with Crippen molar-refractivity contribution in [3.05, 3.63) is 33.8 Å². The lowest BCUT2D eigenvalue weighted by atomic mass is 9.68. The van der Waals surface area contributed by atoms with Gasteiger partial charge in [0, 0.05) is 19.5 Å². The number of ether oxygens (including phenoxy) is 1. The molecule has 0 saturated carbocycles. The smallest absolute Gasteiger partial charge is 0.410 e. The fourth-order valence-corrected chi connectivity index (χ4v) is 3.68. The van der Waals surface area contributed by atoms with Crippen LogP contribution in [0, 0.1) is 0 Å². The van der Waals surface area contributed by atoms with Crippen LogP contribution in [0.25, 0.3) is 0 Å². The number of amides is 1. The zero-order valence-electron chi connectivity index (χ0n) is 15.9. The van der Waals surface area contributed by atoms with E-state index in [0.29, 0.717) is 42.4 Å². The largest absolute Gasteiger partial charge is 0.444 e. The maximum Gasteiger partial charge on any atom is 0.410 e. The lowest BCUT2D eigenvalue weighted by molar-refractivity contribution is -0.126. The van der Waals surface area contributed by atoms with E-state index in [1.165, 1.54) is 0 Å². The maximum absolute atomic E-state index is 13.0. The average molecular weight is 400 g/mol. The molecule has 0 unspecified atom stereocenters. The number of ketones is 1. The summed E-state index contributed by atoms with van der Waals surface area (Å²) in [7, 11) is 0. The van der Waals surface area contributed by atoms with Gasteiger partial charge in [0.2, 0.25) is 0 Å². The summed E-state index contributed by atoms with van der Waals surface area (Å²) in [5.41, 5.74) is -0.273. The number of halogens is 2. The first kappa shape index (κ1) is 21.0. The quantitative estimate of drug-likeness (QED) is 0.658. The van der Waals surface area contributed by atoms with E-state index in [4.69, 9.17) is 27.9 Å². The minimum atomic E-state index is -0.622. The van der Waals surface area contributed by atoms with Crippen molar-refractivity contribution in [1.29, 1.82) is 0 Å². The first-order chi connectivity index (χ1) is 12.1. The van der Waals surface area contributed by atoms with Crippen LogP contribution in [0.1, 0.15) is 58.9 Å². The molecule has 1 saturated heterocycles. The Kier molecular flexibility index (Phi) is 6.62. The summed E-state index contributed by atoms with van der Waals surface area (Å²) < 4.78 is 5.46. The molecule has 0 aliphatic carbocycles. The molecule has 1 aliphatic heterocycles. The van der Waals surface area contributed by atoms with Gasteiger partial charge in [0.25, 0.3) is 0 Å². The van der Waals surface area contributed by atoms with E-state index in [-0.39, 0.29) is 11.9 Å². The molecule has 0 spiro atoms. The van der Waals surface area contributed by atoms with E-state index in [2.05, 4.69) is 0 Å². The van der Waals surface area contributed by atoms with Gasteiger partial charge in [-0.2, -0.15) is 0 Å². The Morgan fingerprint density at radius 2 is 1.77 bits per heavy atom. The summed E-state index contributed by atoms with van der Waals surface area (Å²) in [6, 6.07) is 5.41. The van der Waals surface area contributed by atoms with Gasteiger partial charge in [0.05, 0.1) is 15.5 Å². The van der Waals surface area contributed by atoms with Crippen molar-refractivity contribution < 1.29 is 14.3 Å². The van der Waals surface area contributed by atoms with Crippen LogP contribution in [0.2, 0.25) is 10.0 Å². The summed E-state index contributed by atoms with van der Waals surface area (Å²) in [4.78, 5) is 27.0. The van der Waals surface area contributed by atoms with Crippen LogP contribution in [0.3, 0.4) is 0 Å². The van der Waals surface area contributed by atoms with Crippen LogP contribution in [0.4, 0.5) is 4.79 Å². The van der Waals surface area contributed by atoms with Crippen molar-refractivity contribution in [2.45, 2.75) is 64.4 Å². The maximum atomic E-state index is 13.0. The Bertz CT molecular complexity index is 674. The van der Waals surface area contributed by atoms with Gasteiger partial charge < -0.3 is 9.64 Å². The molecule has 1 amide bonds. The molecule has 0 atom stereocenters. The molecule has 0 N–H and O–H groups in total. The summed E-state index contributed by atoms with van der Waals surface area (Å²) in [6.07, 6.45) is 2.08. The van der Waals surface area contributed by atoms with Crippen LogP contribution in [-0.2, 0) is 14.9 Å². The minimum absolute atomic E-state index is 0.197. The molecule has 1 aliphatic rings. The number of carbonyl (C=O) groups is 2. The van der Waals surface area contributed by atoms with E-state index in [1.807, 2.05) is 33.8 Å². The summed E-state index contributed by atoms with van der Waals surface area (Å²) >= 11 is 12.2. The van der Waals surface area contributed by atoms with E-state index in [9.17, 15) is 9.59 Å². The van der Waals surface area contributed by atoms with Crippen molar-refractivity contribution in [2.75, 3.05) is 13.1 Å². The van der Waals surface area contributed by atoms with Crippen LogP contribution >= 0.6 is 23.2 Å². The van der Waals surface area contributed by atoms with Gasteiger partial charge in [0.1, 0.15) is 11.4 Å². The zero-order chi connectivity index (χ0) is 19.5. The number of likely N-dealkylation sites (tertiary alicyclic amines) is 1. The molecular formula is C20H27Cl2NO3. The van der Waals surface area contributed by atoms with Crippen LogP contribution in [0.5, 0.6) is 0 Å². The third-order valence-corrected chi connectivity index (χ3v) is 5.49. The van der Waals surface area contributed by atoms with Gasteiger partial charge in [-0.05, 0) is 57.7 Å². The highest BCUT2D eigenvalue weighted by atomic mass is 35.5. The molecule has 144 valence electrons. The fraction of sp³-hybridized carbons (Fsp3) is 0.600. The van der Waals surface area contributed by atoms with Crippen LogP contribution in [0.15, 0.2) is 18.2 Å². The third-order valence-electron chi connectivity index (χ3n) is 4.75. The van der Waals surface area contributed by atoms with E-state index in [1.54, 1.807) is 17.0 Å². The number of piperidine rings is 1. The number of carbonyl (C=O) groups excluding carboxylic acids is 2. The monoisotopic (exact) mass is 399 g/mol. The molecule has 0 bridgehead atoms. The van der Waals surface area contributed by atoms with Gasteiger partial charge in [-0.15, -0.1) is 0 Å². The van der Waals surface area contributed by atoms with E-state index < -0.39 is 11.0 Å². The molecule has 6 heteroatoms. The summed E-state index contributed by atoms with van der Waals surface area (Å²) in [6.45, 7) is 8.49. The predicted octanol–water partition coefficient (Wildman–Crippen LogP) is 5.63. The van der Waals surface area contributed by atoms with Crippen molar-refractivity contribution in [3.8, 4) is 0 Å². The topological polar surface area (TPSA) is 46.6 Å².